The van der Waals surface area contributed by atoms with Crippen LogP contribution in [0.25, 0.3) is 0 Å². The van der Waals surface area contributed by atoms with Gasteiger partial charge in [0.25, 0.3) is 5.91 Å². The summed E-state index contributed by atoms with van der Waals surface area (Å²) >= 11 is 0. The molecule has 0 unspecified atom stereocenters. The van der Waals surface area contributed by atoms with Crippen molar-refractivity contribution in [1.82, 2.24) is 4.90 Å². The van der Waals surface area contributed by atoms with Crippen LogP contribution in [0.3, 0.4) is 0 Å². The molecule has 2 rings (SSSR count). The van der Waals surface area contributed by atoms with Crippen LogP contribution in [0.4, 0.5) is 0 Å². The highest BCUT2D eigenvalue weighted by Crippen LogP contribution is 2.30. The summed E-state index contributed by atoms with van der Waals surface area (Å²) in [6, 6.07) is 6.84. The zero-order valence-electron chi connectivity index (χ0n) is 12.4. The van der Waals surface area contributed by atoms with Crippen molar-refractivity contribution in [3.8, 4) is 5.75 Å². The van der Waals surface area contributed by atoms with Crippen LogP contribution in [0.2, 0.25) is 0 Å². The van der Waals surface area contributed by atoms with Crippen molar-refractivity contribution in [3.63, 3.8) is 0 Å². The van der Waals surface area contributed by atoms with Crippen LogP contribution >= 0.6 is 0 Å². The van der Waals surface area contributed by atoms with E-state index in [1.54, 1.807) is 24.3 Å². The van der Waals surface area contributed by atoms with E-state index in [0.29, 0.717) is 23.8 Å². The largest absolute Gasteiger partial charge is 0.491 e. The number of rotatable bonds is 7. The first-order valence-electron chi connectivity index (χ1n) is 7.23. The highest BCUT2D eigenvalue weighted by Gasteiger charge is 2.28. The van der Waals surface area contributed by atoms with Crippen molar-refractivity contribution < 1.29 is 19.4 Å². The standard InChI is InChI=1S/C16H21NO4/c1-11(2)21-14-7-5-13(6-8-14)16(20)17(10-15(18)19)9-12-3-4-12/h5-8,11-12H,3-4,9-10H2,1-2H3,(H,18,19). The van der Waals surface area contributed by atoms with E-state index in [9.17, 15) is 9.59 Å². The third-order valence-electron chi connectivity index (χ3n) is 3.26. The molecule has 1 aromatic rings. The van der Waals surface area contributed by atoms with Crippen molar-refractivity contribution in [2.75, 3.05) is 13.1 Å². The summed E-state index contributed by atoms with van der Waals surface area (Å²) in [5.41, 5.74) is 0.494. The van der Waals surface area contributed by atoms with Crippen LogP contribution in [0.1, 0.15) is 37.0 Å². The molecule has 114 valence electrons. The molecule has 0 heterocycles. The van der Waals surface area contributed by atoms with Crippen molar-refractivity contribution in [2.45, 2.75) is 32.8 Å². The lowest BCUT2D eigenvalue weighted by Crippen LogP contribution is -2.37. The van der Waals surface area contributed by atoms with Crippen molar-refractivity contribution >= 4 is 11.9 Å². The molecule has 0 atom stereocenters. The van der Waals surface area contributed by atoms with Gasteiger partial charge in [-0.25, -0.2) is 0 Å². The second-order valence-corrected chi connectivity index (χ2v) is 5.71. The van der Waals surface area contributed by atoms with Crippen molar-refractivity contribution in [2.24, 2.45) is 5.92 Å². The first kappa shape index (κ1) is 15.4. The summed E-state index contributed by atoms with van der Waals surface area (Å²) < 4.78 is 5.53. The Bertz CT molecular complexity index is 506. The summed E-state index contributed by atoms with van der Waals surface area (Å²) in [5.74, 6) is -0.0606. The van der Waals surface area contributed by atoms with Crippen LogP contribution < -0.4 is 4.74 Å². The number of ether oxygens (including phenoxy) is 1. The average Bonchev–Trinajstić information content (AvgIpc) is 3.21. The van der Waals surface area contributed by atoms with Gasteiger partial charge >= 0.3 is 5.97 Å². The van der Waals surface area contributed by atoms with Gasteiger partial charge in [-0.15, -0.1) is 0 Å². The molecule has 1 fully saturated rings. The van der Waals surface area contributed by atoms with E-state index >= 15 is 0 Å². The summed E-state index contributed by atoms with van der Waals surface area (Å²) in [6.45, 7) is 4.14. The van der Waals surface area contributed by atoms with Crippen LogP contribution in [-0.2, 0) is 4.79 Å². The van der Waals surface area contributed by atoms with Gasteiger partial charge in [0.15, 0.2) is 0 Å². The van der Waals surface area contributed by atoms with Crippen LogP contribution in [0.15, 0.2) is 24.3 Å². The second-order valence-electron chi connectivity index (χ2n) is 5.71. The fourth-order valence-corrected chi connectivity index (χ4v) is 2.13. The van der Waals surface area contributed by atoms with Gasteiger partial charge in [0.05, 0.1) is 6.10 Å². The minimum Gasteiger partial charge on any atom is -0.491 e. The summed E-state index contributed by atoms with van der Waals surface area (Å²) in [7, 11) is 0. The molecular formula is C16H21NO4. The lowest BCUT2D eigenvalue weighted by Gasteiger charge is -2.20. The number of carboxylic acids is 1. The maximum absolute atomic E-state index is 12.4. The number of aliphatic carboxylic acids is 1. The molecule has 0 aromatic heterocycles. The van der Waals surface area contributed by atoms with Gasteiger partial charge in [-0.1, -0.05) is 0 Å². The molecule has 1 N–H and O–H groups in total. The third-order valence-corrected chi connectivity index (χ3v) is 3.26. The third kappa shape index (κ3) is 4.77. The fraction of sp³-hybridized carbons (Fsp3) is 0.500. The fourth-order valence-electron chi connectivity index (χ4n) is 2.13. The van der Waals surface area contributed by atoms with Crippen LogP contribution in [0.5, 0.6) is 5.75 Å². The predicted octanol–water partition coefficient (Wildman–Crippen LogP) is 2.41. The summed E-state index contributed by atoms with van der Waals surface area (Å²) in [4.78, 5) is 24.7. The molecule has 21 heavy (non-hydrogen) atoms. The number of carboxylic acid groups (broad SMARTS) is 1. The predicted molar refractivity (Wildman–Crippen MR) is 78.5 cm³/mol. The van der Waals surface area contributed by atoms with Gasteiger partial charge in [-0.2, -0.15) is 0 Å². The maximum Gasteiger partial charge on any atom is 0.323 e. The molecule has 1 amide bonds. The Morgan fingerprint density at radius 1 is 1.29 bits per heavy atom. The highest BCUT2D eigenvalue weighted by atomic mass is 16.5. The monoisotopic (exact) mass is 291 g/mol. The molecule has 5 nitrogen and oxygen atoms in total. The van der Waals surface area contributed by atoms with E-state index in [4.69, 9.17) is 9.84 Å². The quantitative estimate of drug-likeness (QED) is 0.837. The van der Waals surface area contributed by atoms with Crippen molar-refractivity contribution in [3.05, 3.63) is 29.8 Å². The van der Waals surface area contributed by atoms with Gasteiger partial charge in [-0.3, -0.25) is 9.59 Å². The van der Waals surface area contributed by atoms with E-state index in [2.05, 4.69) is 0 Å². The Morgan fingerprint density at radius 2 is 1.90 bits per heavy atom. The molecule has 0 aliphatic heterocycles. The molecule has 1 saturated carbocycles. The Morgan fingerprint density at radius 3 is 2.38 bits per heavy atom. The van der Waals surface area contributed by atoms with Gasteiger partial charge in [-0.05, 0) is 56.9 Å². The first-order valence-corrected chi connectivity index (χ1v) is 7.23. The first-order chi connectivity index (χ1) is 9.95. The Kier molecular flexibility index (Phi) is 4.83. The molecule has 1 aliphatic rings. The maximum atomic E-state index is 12.4. The van der Waals surface area contributed by atoms with Crippen molar-refractivity contribution in [1.29, 1.82) is 0 Å². The molecule has 0 spiro atoms. The van der Waals surface area contributed by atoms with E-state index < -0.39 is 5.97 Å². The smallest absolute Gasteiger partial charge is 0.323 e. The van der Waals surface area contributed by atoms with Crippen LogP contribution in [0, 0.1) is 5.92 Å². The lowest BCUT2D eigenvalue weighted by molar-refractivity contribution is -0.137. The molecule has 5 heteroatoms. The highest BCUT2D eigenvalue weighted by molar-refractivity contribution is 5.96. The number of hydrogen-bond acceptors (Lipinski definition) is 3. The Labute approximate surface area is 124 Å². The van der Waals surface area contributed by atoms with Crippen LogP contribution in [-0.4, -0.2) is 41.1 Å². The normalized spacial score (nSPS) is 14.0. The van der Waals surface area contributed by atoms with Gasteiger partial charge < -0.3 is 14.7 Å². The summed E-state index contributed by atoms with van der Waals surface area (Å²) in [6.07, 6.45) is 2.22. The summed E-state index contributed by atoms with van der Waals surface area (Å²) in [5, 5.41) is 8.94. The number of hydrogen-bond donors (Lipinski definition) is 1. The topological polar surface area (TPSA) is 66.8 Å². The number of carbonyl (C=O) groups excluding carboxylic acids is 1. The molecule has 0 radical (unpaired) electrons. The van der Waals surface area contributed by atoms with Gasteiger partial charge in [0, 0.05) is 12.1 Å². The van der Waals surface area contributed by atoms with Gasteiger partial charge in [0.2, 0.25) is 0 Å². The average molecular weight is 291 g/mol. The van der Waals surface area contributed by atoms with E-state index in [0.717, 1.165) is 12.8 Å². The zero-order valence-corrected chi connectivity index (χ0v) is 12.4. The van der Waals surface area contributed by atoms with Gasteiger partial charge in [0.1, 0.15) is 12.3 Å². The molecule has 1 aliphatic carbocycles. The Hall–Kier alpha value is -2.04. The minimum absolute atomic E-state index is 0.0740. The molecule has 0 saturated heterocycles. The molecular weight excluding hydrogens is 270 g/mol. The second kappa shape index (κ2) is 6.61. The molecule has 1 aromatic carbocycles. The molecule has 0 bridgehead atoms. The van der Waals surface area contributed by atoms with E-state index in [1.807, 2.05) is 13.8 Å². The number of carbonyl (C=O) groups is 2. The van der Waals surface area contributed by atoms with E-state index in [-0.39, 0.29) is 18.6 Å². The van der Waals surface area contributed by atoms with E-state index in [1.165, 1.54) is 4.90 Å². The Balaban J connectivity index is 2.05. The number of benzene rings is 1. The number of amides is 1. The minimum atomic E-state index is -0.983. The number of nitrogens with zero attached hydrogens (tertiary/aromatic N) is 1. The lowest BCUT2D eigenvalue weighted by atomic mass is 10.2. The zero-order chi connectivity index (χ0) is 15.4. The SMILES string of the molecule is CC(C)Oc1ccc(C(=O)N(CC(=O)O)CC2CC2)cc1.